The highest BCUT2D eigenvalue weighted by Gasteiger charge is 2.33. The van der Waals surface area contributed by atoms with Gasteiger partial charge in [-0.3, -0.25) is 9.78 Å². The molecule has 1 atom stereocenters. The number of pyridine rings is 1. The minimum atomic E-state index is -0.500. The summed E-state index contributed by atoms with van der Waals surface area (Å²) in [6.45, 7) is 0.572. The molecule has 3 rings (SSSR count). The molecule has 0 fully saturated rings. The number of aromatic nitrogens is 2. The van der Waals surface area contributed by atoms with Crippen LogP contribution >= 0.6 is 0 Å². The van der Waals surface area contributed by atoms with Gasteiger partial charge in [-0.15, -0.1) is 0 Å². The fraction of sp³-hybridized carbons (Fsp3) is 0.308. The highest BCUT2D eigenvalue weighted by molar-refractivity contribution is 5.98. The predicted octanol–water partition coefficient (Wildman–Crippen LogP) is 0.919. The van der Waals surface area contributed by atoms with Gasteiger partial charge < -0.3 is 14.6 Å². The van der Waals surface area contributed by atoms with Gasteiger partial charge in [0, 0.05) is 19.2 Å². The second kappa shape index (κ2) is 4.81. The Morgan fingerprint density at radius 1 is 1.53 bits per heavy atom. The first-order valence-electron chi connectivity index (χ1n) is 6.12. The van der Waals surface area contributed by atoms with Crippen LogP contribution in [0.1, 0.15) is 17.5 Å². The predicted molar refractivity (Wildman–Crippen MR) is 68.6 cm³/mol. The van der Waals surface area contributed by atoms with Crippen LogP contribution in [0.2, 0.25) is 0 Å². The van der Waals surface area contributed by atoms with Crippen LogP contribution in [0.15, 0.2) is 35.3 Å². The lowest BCUT2D eigenvalue weighted by atomic mass is 10.1. The summed E-state index contributed by atoms with van der Waals surface area (Å²) in [6, 6.07) is 3.19. The van der Waals surface area contributed by atoms with E-state index in [1.54, 1.807) is 24.3 Å². The number of hydrogen-bond donors (Lipinski definition) is 1. The summed E-state index contributed by atoms with van der Waals surface area (Å²) in [7, 11) is 1.74. The van der Waals surface area contributed by atoms with E-state index in [0.29, 0.717) is 18.7 Å². The maximum Gasteiger partial charge on any atom is 0.252 e. The summed E-state index contributed by atoms with van der Waals surface area (Å²) in [5.74, 6) is 0.560. The summed E-state index contributed by atoms with van der Waals surface area (Å²) >= 11 is 0. The normalized spacial score (nSPS) is 19.1. The van der Waals surface area contributed by atoms with Crippen LogP contribution in [-0.4, -0.2) is 29.5 Å². The third kappa shape index (κ3) is 2.00. The molecule has 0 aliphatic carbocycles. The maximum atomic E-state index is 12.6. The summed E-state index contributed by atoms with van der Waals surface area (Å²) in [6.07, 6.45) is 5.44. The third-order valence-corrected chi connectivity index (χ3v) is 3.27. The molecule has 0 radical (unpaired) electrons. The first kappa shape index (κ1) is 11.9. The molecule has 0 saturated heterocycles. The van der Waals surface area contributed by atoms with Gasteiger partial charge in [0.25, 0.3) is 5.91 Å². The molecule has 0 aromatic carbocycles. The molecule has 3 heterocycles. The molecular formula is C13H14N4O2. The van der Waals surface area contributed by atoms with Crippen LogP contribution in [0.4, 0.5) is 5.69 Å². The zero-order valence-corrected chi connectivity index (χ0v) is 10.5. The molecular weight excluding hydrogens is 244 g/mol. The first-order valence-corrected chi connectivity index (χ1v) is 6.12. The molecule has 1 N–H and O–H groups in total. The van der Waals surface area contributed by atoms with Gasteiger partial charge in [0.05, 0.1) is 17.6 Å². The van der Waals surface area contributed by atoms with Crippen molar-refractivity contribution < 1.29 is 9.21 Å². The number of hydrogen-bond acceptors (Lipinski definition) is 5. The van der Waals surface area contributed by atoms with Crippen molar-refractivity contribution in [2.45, 2.75) is 12.5 Å². The average molecular weight is 258 g/mol. The Hall–Kier alpha value is -2.21. The van der Waals surface area contributed by atoms with Gasteiger partial charge in [0.1, 0.15) is 6.04 Å². The highest BCUT2D eigenvalue weighted by Crippen LogP contribution is 2.26. The van der Waals surface area contributed by atoms with Gasteiger partial charge >= 0.3 is 0 Å². The van der Waals surface area contributed by atoms with Crippen LogP contribution in [0.3, 0.4) is 0 Å². The molecule has 98 valence electrons. The monoisotopic (exact) mass is 258 g/mol. The van der Waals surface area contributed by atoms with Crippen LogP contribution in [-0.2, 0) is 11.2 Å². The number of carbonyl (C=O) groups is 1. The Bertz CT molecular complexity index is 581. The van der Waals surface area contributed by atoms with Gasteiger partial charge in [0.15, 0.2) is 12.2 Å². The highest BCUT2D eigenvalue weighted by atomic mass is 16.3. The summed E-state index contributed by atoms with van der Waals surface area (Å²) in [5.41, 5.74) is 1.62. The first-order chi connectivity index (χ1) is 9.31. The van der Waals surface area contributed by atoms with Gasteiger partial charge in [0.2, 0.25) is 0 Å². The van der Waals surface area contributed by atoms with E-state index >= 15 is 0 Å². The standard InChI is InChI=1S/C13H14N4O2/c1-14-11-12-10(16-8-19-12)4-6-17(13(11)18)9-3-2-5-15-7-9/h2-3,5,7-8,11,14H,4,6H2,1H3. The van der Waals surface area contributed by atoms with E-state index in [-0.39, 0.29) is 5.91 Å². The maximum absolute atomic E-state index is 12.6. The van der Waals surface area contributed by atoms with E-state index in [4.69, 9.17) is 4.42 Å². The van der Waals surface area contributed by atoms with E-state index in [1.807, 2.05) is 12.1 Å². The molecule has 0 bridgehead atoms. The molecule has 1 unspecified atom stereocenters. The van der Waals surface area contributed by atoms with Crippen molar-refractivity contribution in [2.75, 3.05) is 18.5 Å². The van der Waals surface area contributed by atoms with Crippen LogP contribution in [0.25, 0.3) is 0 Å². The molecule has 2 aromatic rings. The van der Waals surface area contributed by atoms with Gasteiger partial charge in [-0.25, -0.2) is 4.98 Å². The van der Waals surface area contributed by atoms with E-state index < -0.39 is 6.04 Å². The Labute approximate surface area is 110 Å². The molecule has 0 spiro atoms. The molecule has 6 heteroatoms. The van der Waals surface area contributed by atoms with E-state index in [9.17, 15) is 4.79 Å². The molecule has 1 aliphatic rings. The SMILES string of the molecule is CNC1C(=O)N(c2cccnc2)CCc2ncoc21. The molecule has 19 heavy (non-hydrogen) atoms. The minimum Gasteiger partial charge on any atom is -0.446 e. The van der Waals surface area contributed by atoms with Crippen LogP contribution in [0, 0.1) is 0 Å². The van der Waals surface area contributed by atoms with Gasteiger partial charge in [-0.1, -0.05) is 0 Å². The quantitative estimate of drug-likeness (QED) is 0.867. The topological polar surface area (TPSA) is 71.3 Å². The Kier molecular flexibility index (Phi) is 3.00. The van der Waals surface area contributed by atoms with Gasteiger partial charge in [-0.05, 0) is 19.2 Å². The van der Waals surface area contributed by atoms with Crippen molar-refractivity contribution in [1.82, 2.24) is 15.3 Å². The van der Waals surface area contributed by atoms with Crippen LogP contribution < -0.4 is 10.2 Å². The number of rotatable bonds is 2. The van der Waals surface area contributed by atoms with Crippen molar-refractivity contribution in [3.8, 4) is 0 Å². The molecule has 0 saturated carbocycles. The zero-order valence-electron chi connectivity index (χ0n) is 10.5. The minimum absolute atomic E-state index is 0.0500. The van der Waals surface area contributed by atoms with E-state index in [0.717, 1.165) is 11.4 Å². The Balaban J connectivity index is 1.99. The number of nitrogens with one attached hydrogen (secondary N) is 1. The molecule has 1 amide bonds. The number of anilines is 1. The molecule has 6 nitrogen and oxygen atoms in total. The fourth-order valence-corrected chi connectivity index (χ4v) is 2.32. The number of carbonyl (C=O) groups excluding carboxylic acids is 1. The zero-order chi connectivity index (χ0) is 13.2. The summed E-state index contributed by atoms with van der Waals surface area (Å²) in [5, 5.41) is 2.99. The lowest BCUT2D eigenvalue weighted by molar-refractivity contribution is -0.120. The van der Waals surface area contributed by atoms with Crippen molar-refractivity contribution in [3.63, 3.8) is 0 Å². The number of nitrogens with zero attached hydrogens (tertiary/aromatic N) is 3. The second-order valence-corrected chi connectivity index (χ2v) is 4.34. The second-order valence-electron chi connectivity index (χ2n) is 4.34. The van der Waals surface area contributed by atoms with E-state index in [2.05, 4.69) is 15.3 Å². The van der Waals surface area contributed by atoms with Crippen molar-refractivity contribution in [2.24, 2.45) is 0 Å². The third-order valence-electron chi connectivity index (χ3n) is 3.27. The number of fused-ring (bicyclic) bond motifs is 1. The van der Waals surface area contributed by atoms with Crippen molar-refractivity contribution in [3.05, 3.63) is 42.4 Å². The lowest BCUT2D eigenvalue weighted by Gasteiger charge is -2.23. The van der Waals surface area contributed by atoms with Gasteiger partial charge in [-0.2, -0.15) is 0 Å². The van der Waals surface area contributed by atoms with Crippen molar-refractivity contribution in [1.29, 1.82) is 0 Å². The smallest absolute Gasteiger partial charge is 0.252 e. The Morgan fingerprint density at radius 3 is 3.16 bits per heavy atom. The summed E-state index contributed by atoms with van der Waals surface area (Å²) < 4.78 is 5.36. The van der Waals surface area contributed by atoms with Crippen LogP contribution in [0.5, 0.6) is 0 Å². The number of likely N-dealkylation sites (N-methyl/N-ethyl adjacent to an activating group) is 1. The lowest BCUT2D eigenvalue weighted by Crippen LogP contribution is -2.39. The van der Waals surface area contributed by atoms with E-state index in [1.165, 1.54) is 6.39 Å². The number of oxazole rings is 1. The van der Waals surface area contributed by atoms with Crippen molar-refractivity contribution >= 4 is 11.6 Å². The summed E-state index contributed by atoms with van der Waals surface area (Å²) in [4.78, 5) is 22.5. The largest absolute Gasteiger partial charge is 0.446 e. The fourth-order valence-electron chi connectivity index (χ4n) is 2.32. The molecule has 1 aliphatic heterocycles. The average Bonchev–Trinajstić information content (AvgIpc) is 2.85. The molecule has 2 aromatic heterocycles. The Morgan fingerprint density at radius 2 is 2.42 bits per heavy atom. The number of amides is 1.